The molecule has 0 aliphatic heterocycles. The van der Waals surface area contributed by atoms with Gasteiger partial charge in [0, 0.05) is 6.07 Å². The molecule has 6 nitrogen and oxygen atoms in total. The molecule has 2 aromatic carbocycles. The number of esters is 1. The molecule has 2 N–H and O–H groups in total. The second kappa shape index (κ2) is 7.51. The van der Waals surface area contributed by atoms with Gasteiger partial charge in [-0.25, -0.2) is 4.79 Å². The highest BCUT2D eigenvalue weighted by Gasteiger charge is 2.15. The maximum Gasteiger partial charge on any atom is 0.349 e. The van der Waals surface area contributed by atoms with Crippen molar-refractivity contribution in [2.75, 3.05) is 13.7 Å². The van der Waals surface area contributed by atoms with Crippen molar-refractivity contribution in [1.82, 2.24) is 0 Å². The first-order chi connectivity index (χ1) is 11.0. The Balaban J connectivity index is 2.08. The second-order valence-electron chi connectivity index (χ2n) is 4.42. The van der Waals surface area contributed by atoms with Crippen LogP contribution in [0.3, 0.4) is 0 Å². The number of ether oxygens (including phenoxy) is 3. The fourth-order valence-electron chi connectivity index (χ4n) is 1.77. The lowest BCUT2D eigenvalue weighted by atomic mass is 10.2. The summed E-state index contributed by atoms with van der Waals surface area (Å²) in [4.78, 5) is 23.3. The van der Waals surface area contributed by atoms with Gasteiger partial charge in [0.25, 0.3) is 5.91 Å². The molecule has 0 saturated heterocycles. The van der Waals surface area contributed by atoms with Gasteiger partial charge in [0.1, 0.15) is 17.2 Å². The molecule has 120 valence electrons. The number of methoxy groups -OCH3 is 1. The Hall–Kier alpha value is -2.73. The summed E-state index contributed by atoms with van der Waals surface area (Å²) in [6.45, 7) is -0.376. The van der Waals surface area contributed by atoms with Crippen molar-refractivity contribution in [3.05, 3.63) is 53.1 Å². The highest BCUT2D eigenvalue weighted by Crippen LogP contribution is 2.25. The Labute approximate surface area is 137 Å². The van der Waals surface area contributed by atoms with Crippen LogP contribution in [0.1, 0.15) is 10.4 Å². The predicted octanol–water partition coefficient (Wildman–Crippen LogP) is 2.43. The monoisotopic (exact) mass is 335 g/mol. The highest BCUT2D eigenvalue weighted by molar-refractivity contribution is 6.32. The SMILES string of the molecule is COc1ccc(C(N)=O)c(OC(=O)COc2ccccc2Cl)c1. The lowest BCUT2D eigenvalue weighted by molar-refractivity contribution is -0.136. The number of carbonyl (C=O) groups excluding carboxylic acids is 2. The minimum Gasteiger partial charge on any atom is -0.497 e. The zero-order valence-corrected chi connectivity index (χ0v) is 13.0. The van der Waals surface area contributed by atoms with Gasteiger partial charge in [0.2, 0.25) is 0 Å². The van der Waals surface area contributed by atoms with Crippen LogP contribution in [-0.2, 0) is 4.79 Å². The smallest absolute Gasteiger partial charge is 0.349 e. The van der Waals surface area contributed by atoms with E-state index in [4.69, 9.17) is 31.5 Å². The number of para-hydroxylation sites is 1. The first-order valence-corrected chi connectivity index (χ1v) is 6.95. The van der Waals surface area contributed by atoms with E-state index >= 15 is 0 Å². The molecule has 2 rings (SSSR count). The van der Waals surface area contributed by atoms with Gasteiger partial charge in [-0.1, -0.05) is 23.7 Å². The van der Waals surface area contributed by atoms with Crippen LogP contribution in [0.15, 0.2) is 42.5 Å². The number of nitrogens with two attached hydrogens (primary N) is 1. The van der Waals surface area contributed by atoms with Crippen LogP contribution >= 0.6 is 11.6 Å². The third kappa shape index (κ3) is 4.37. The van der Waals surface area contributed by atoms with Crippen molar-refractivity contribution in [3.8, 4) is 17.2 Å². The molecule has 0 saturated carbocycles. The molecule has 0 aromatic heterocycles. The number of primary amides is 1. The number of hydrogen-bond donors (Lipinski definition) is 1. The third-order valence-corrected chi connectivity index (χ3v) is 3.17. The molecule has 0 spiro atoms. The van der Waals surface area contributed by atoms with Gasteiger partial charge in [-0.3, -0.25) is 4.79 Å². The number of rotatable bonds is 6. The zero-order valence-electron chi connectivity index (χ0n) is 12.2. The van der Waals surface area contributed by atoms with E-state index in [2.05, 4.69) is 0 Å². The van der Waals surface area contributed by atoms with Crippen LogP contribution in [0, 0.1) is 0 Å². The van der Waals surface area contributed by atoms with E-state index in [1.54, 1.807) is 24.3 Å². The van der Waals surface area contributed by atoms with Crippen LogP contribution in [-0.4, -0.2) is 25.6 Å². The number of carbonyl (C=O) groups is 2. The largest absolute Gasteiger partial charge is 0.497 e. The Kier molecular flexibility index (Phi) is 5.43. The van der Waals surface area contributed by atoms with E-state index in [9.17, 15) is 9.59 Å². The fraction of sp³-hybridized carbons (Fsp3) is 0.125. The van der Waals surface area contributed by atoms with E-state index in [0.29, 0.717) is 16.5 Å². The minimum absolute atomic E-state index is 0.00427. The van der Waals surface area contributed by atoms with Crippen molar-refractivity contribution < 1.29 is 23.8 Å². The summed E-state index contributed by atoms with van der Waals surface area (Å²) in [6, 6.07) is 11.1. The van der Waals surface area contributed by atoms with Gasteiger partial charge in [-0.05, 0) is 24.3 Å². The lowest BCUT2D eigenvalue weighted by Crippen LogP contribution is -2.20. The third-order valence-electron chi connectivity index (χ3n) is 2.86. The maximum absolute atomic E-state index is 11.9. The summed E-state index contributed by atoms with van der Waals surface area (Å²) in [5.74, 6) is -0.649. The van der Waals surface area contributed by atoms with Gasteiger partial charge in [0.15, 0.2) is 6.61 Å². The number of benzene rings is 2. The van der Waals surface area contributed by atoms with Crippen molar-refractivity contribution in [1.29, 1.82) is 0 Å². The first-order valence-electron chi connectivity index (χ1n) is 6.57. The average Bonchev–Trinajstić information content (AvgIpc) is 2.53. The van der Waals surface area contributed by atoms with Gasteiger partial charge in [-0.15, -0.1) is 0 Å². The first kappa shape index (κ1) is 16.6. The summed E-state index contributed by atoms with van der Waals surface area (Å²) in [5, 5.41) is 0.375. The molecule has 0 radical (unpaired) electrons. The molecule has 0 fully saturated rings. The topological polar surface area (TPSA) is 87.9 Å². The van der Waals surface area contributed by atoms with Gasteiger partial charge in [-0.2, -0.15) is 0 Å². The van der Waals surface area contributed by atoms with E-state index < -0.39 is 11.9 Å². The molecule has 7 heteroatoms. The summed E-state index contributed by atoms with van der Waals surface area (Å²) in [5.41, 5.74) is 5.31. The van der Waals surface area contributed by atoms with Gasteiger partial charge >= 0.3 is 5.97 Å². The highest BCUT2D eigenvalue weighted by atomic mass is 35.5. The van der Waals surface area contributed by atoms with Crippen molar-refractivity contribution in [2.45, 2.75) is 0 Å². The molecular formula is C16H14ClNO5. The fourth-order valence-corrected chi connectivity index (χ4v) is 1.96. The van der Waals surface area contributed by atoms with Crippen LogP contribution in [0.5, 0.6) is 17.2 Å². The Bertz CT molecular complexity index is 732. The average molecular weight is 336 g/mol. The Morgan fingerprint density at radius 3 is 2.52 bits per heavy atom. The molecule has 2 aromatic rings. The van der Waals surface area contributed by atoms with Crippen molar-refractivity contribution >= 4 is 23.5 Å². The zero-order chi connectivity index (χ0) is 16.8. The summed E-state index contributed by atoms with van der Waals surface area (Å²) in [7, 11) is 1.45. The summed E-state index contributed by atoms with van der Waals surface area (Å²) >= 11 is 5.92. The van der Waals surface area contributed by atoms with Gasteiger partial charge < -0.3 is 19.9 Å². The number of amides is 1. The standard InChI is InChI=1S/C16H14ClNO5/c1-21-10-6-7-11(16(18)20)14(8-10)23-15(19)9-22-13-5-3-2-4-12(13)17/h2-8H,9H2,1H3,(H2,18,20). The van der Waals surface area contributed by atoms with Crippen LogP contribution < -0.4 is 19.9 Å². The normalized spacial score (nSPS) is 10.0. The summed E-state index contributed by atoms with van der Waals surface area (Å²) in [6.07, 6.45) is 0. The molecule has 0 bridgehead atoms. The van der Waals surface area contributed by atoms with Crippen LogP contribution in [0.25, 0.3) is 0 Å². The molecule has 1 amide bonds. The molecule has 23 heavy (non-hydrogen) atoms. The summed E-state index contributed by atoms with van der Waals surface area (Å²) < 4.78 is 15.4. The predicted molar refractivity (Wildman–Crippen MR) is 84.1 cm³/mol. The van der Waals surface area contributed by atoms with E-state index in [1.165, 1.54) is 25.3 Å². The van der Waals surface area contributed by atoms with E-state index in [0.717, 1.165) is 0 Å². The van der Waals surface area contributed by atoms with Crippen LogP contribution in [0.2, 0.25) is 5.02 Å². The van der Waals surface area contributed by atoms with Crippen molar-refractivity contribution in [2.24, 2.45) is 5.73 Å². The Morgan fingerprint density at radius 2 is 1.87 bits per heavy atom. The molecule has 0 heterocycles. The molecule has 0 aliphatic carbocycles. The maximum atomic E-state index is 11.9. The van der Waals surface area contributed by atoms with Crippen LogP contribution in [0.4, 0.5) is 0 Å². The molecule has 0 atom stereocenters. The number of halogens is 1. The van der Waals surface area contributed by atoms with E-state index in [-0.39, 0.29) is 17.9 Å². The van der Waals surface area contributed by atoms with Gasteiger partial charge in [0.05, 0.1) is 17.7 Å². The molecule has 0 aliphatic rings. The number of hydrogen-bond acceptors (Lipinski definition) is 5. The molecular weight excluding hydrogens is 322 g/mol. The van der Waals surface area contributed by atoms with E-state index in [1.807, 2.05) is 0 Å². The van der Waals surface area contributed by atoms with Crippen molar-refractivity contribution in [3.63, 3.8) is 0 Å². The molecule has 0 unspecified atom stereocenters. The quantitative estimate of drug-likeness (QED) is 0.647. The second-order valence-corrected chi connectivity index (χ2v) is 4.83. The Morgan fingerprint density at radius 1 is 1.13 bits per heavy atom. The lowest BCUT2D eigenvalue weighted by Gasteiger charge is -2.11. The minimum atomic E-state index is -0.720.